The number of nitrogens with one attached hydrogen (secondary N) is 1. The van der Waals surface area contributed by atoms with E-state index < -0.39 is 28.5 Å². The van der Waals surface area contributed by atoms with Gasteiger partial charge in [0.15, 0.2) is 0 Å². The molecule has 220 valence electrons. The maximum Gasteiger partial charge on any atom is 0.244 e. The molecule has 0 radical (unpaired) electrons. The number of hydrogen-bond acceptors (Lipinski definition) is 6. The largest absolute Gasteiger partial charge is 0.497 e. The number of rotatable bonds is 13. The highest BCUT2D eigenvalue weighted by atomic mass is 32.2. The number of ether oxygens (including phenoxy) is 2. The summed E-state index contributed by atoms with van der Waals surface area (Å²) in [5, 5.41) is 2.95. The molecule has 0 aliphatic heterocycles. The minimum atomic E-state index is -3.94. The molecule has 3 rings (SSSR count). The minimum absolute atomic E-state index is 0.117. The summed E-state index contributed by atoms with van der Waals surface area (Å²) in [7, 11) is -1.03. The highest BCUT2D eigenvalue weighted by Crippen LogP contribution is 2.34. The molecule has 1 atom stereocenters. The Balaban J connectivity index is 2.10. The molecule has 0 saturated heterocycles. The van der Waals surface area contributed by atoms with Crippen LogP contribution >= 0.6 is 0 Å². The van der Waals surface area contributed by atoms with Crippen molar-refractivity contribution in [1.29, 1.82) is 0 Å². The lowest BCUT2D eigenvalue weighted by Gasteiger charge is -2.34. The molecule has 0 aromatic heterocycles. The fraction of sp³-hybridized carbons (Fsp3) is 0.355. The van der Waals surface area contributed by atoms with Gasteiger partial charge in [0, 0.05) is 25.1 Å². The van der Waals surface area contributed by atoms with Crippen molar-refractivity contribution in [2.24, 2.45) is 0 Å². The smallest absolute Gasteiger partial charge is 0.244 e. The number of carbonyl (C=O) groups excluding carboxylic acids is 2. The lowest BCUT2D eigenvalue weighted by molar-refractivity contribution is -0.140. The van der Waals surface area contributed by atoms with Crippen LogP contribution in [0.2, 0.25) is 0 Å². The molecule has 2 amide bonds. The summed E-state index contributed by atoms with van der Waals surface area (Å²) in [4.78, 5) is 29.3. The summed E-state index contributed by atoms with van der Waals surface area (Å²) in [6.45, 7) is 5.22. The molecule has 3 aromatic rings. The molecule has 0 fully saturated rings. The monoisotopic (exact) mass is 581 g/mol. The highest BCUT2D eigenvalue weighted by molar-refractivity contribution is 7.92. The van der Waals surface area contributed by atoms with Crippen LogP contribution in [0.4, 0.5) is 5.69 Å². The molecule has 0 spiro atoms. The summed E-state index contributed by atoms with van der Waals surface area (Å²) in [6.07, 6.45) is 1.28. The van der Waals surface area contributed by atoms with Gasteiger partial charge < -0.3 is 19.7 Å². The molecule has 0 aliphatic carbocycles. The lowest BCUT2D eigenvalue weighted by Crippen LogP contribution is -2.54. The van der Waals surface area contributed by atoms with Gasteiger partial charge in [-0.1, -0.05) is 54.6 Å². The third-order valence-electron chi connectivity index (χ3n) is 6.64. The van der Waals surface area contributed by atoms with Crippen molar-refractivity contribution in [3.05, 3.63) is 89.5 Å². The number of sulfonamides is 1. The summed E-state index contributed by atoms with van der Waals surface area (Å²) < 4.78 is 37.8. The number of hydrogen-bond donors (Lipinski definition) is 1. The predicted molar refractivity (Wildman–Crippen MR) is 161 cm³/mol. The van der Waals surface area contributed by atoms with E-state index in [1.165, 1.54) is 25.2 Å². The Kier molecular flexibility index (Phi) is 10.8. The van der Waals surface area contributed by atoms with Gasteiger partial charge in [0.2, 0.25) is 21.8 Å². The first kappa shape index (κ1) is 31.5. The predicted octanol–water partition coefficient (Wildman–Crippen LogP) is 3.94. The molecule has 10 heteroatoms. The zero-order valence-corrected chi connectivity index (χ0v) is 25.3. The Hall–Kier alpha value is -4.05. The molecule has 1 N–H and O–H groups in total. The van der Waals surface area contributed by atoms with Crippen LogP contribution in [-0.2, 0) is 32.6 Å². The van der Waals surface area contributed by atoms with Gasteiger partial charge in [0.1, 0.15) is 24.1 Å². The number of methoxy groups -OCH3 is 2. The van der Waals surface area contributed by atoms with Gasteiger partial charge in [0.25, 0.3) is 0 Å². The van der Waals surface area contributed by atoms with Crippen molar-refractivity contribution >= 4 is 27.5 Å². The average molecular weight is 582 g/mol. The first-order valence-electron chi connectivity index (χ1n) is 13.3. The maximum atomic E-state index is 14.2. The lowest BCUT2D eigenvalue weighted by atomic mass is 10.0. The van der Waals surface area contributed by atoms with Crippen molar-refractivity contribution in [2.75, 3.05) is 31.3 Å². The van der Waals surface area contributed by atoms with E-state index in [2.05, 4.69) is 5.32 Å². The van der Waals surface area contributed by atoms with Gasteiger partial charge in [-0.25, -0.2) is 8.42 Å². The third kappa shape index (κ3) is 8.47. The second-order valence-corrected chi connectivity index (χ2v) is 12.0. The fourth-order valence-corrected chi connectivity index (χ4v) is 5.34. The van der Waals surface area contributed by atoms with Crippen molar-refractivity contribution < 1.29 is 27.5 Å². The molecule has 0 heterocycles. The summed E-state index contributed by atoms with van der Waals surface area (Å²) >= 11 is 0. The van der Waals surface area contributed by atoms with Crippen LogP contribution in [-0.4, -0.2) is 64.2 Å². The van der Waals surface area contributed by atoms with Crippen LogP contribution in [0.1, 0.15) is 30.5 Å². The van der Waals surface area contributed by atoms with Crippen LogP contribution in [0.25, 0.3) is 0 Å². The quantitative estimate of drug-likeness (QED) is 0.328. The van der Waals surface area contributed by atoms with E-state index in [9.17, 15) is 18.0 Å². The summed E-state index contributed by atoms with van der Waals surface area (Å²) in [5.41, 5.74) is 2.86. The Bertz CT molecular complexity index is 1440. The van der Waals surface area contributed by atoms with Crippen LogP contribution in [0, 0.1) is 6.92 Å². The average Bonchev–Trinajstić information content (AvgIpc) is 2.93. The zero-order chi connectivity index (χ0) is 30.2. The van der Waals surface area contributed by atoms with Crippen molar-refractivity contribution in [2.45, 2.75) is 45.8 Å². The van der Waals surface area contributed by atoms with E-state index in [4.69, 9.17) is 9.47 Å². The van der Waals surface area contributed by atoms with Gasteiger partial charge >= 0.3 is 0 Å². The highest BCUT2D eigenvalue weighted by Gasteiger charge is 2.34. The number of amides is 2. The topological polar surface area (TPSA) is 105 Å². The van der Waals surface area contributed by atoms with Gasteiger partial charge in [-0.05, 0) is 49.6 Å². The standard InChI is InChI=1S/C31H39N3O6S/c1-22(2)32-31(36)28(18-24-13-8-7-9-14-24)33(20-25-15-11-10-12-23(25)3)30(35)21-34(41(6,37)38)27-17-16-26(39-4)19-29(27)40-5/h7-17,19,22,28H,18,20-21H2,1-6H3,(H,32,36)/t28-/m0/s1. The molecule has 0 unspecified atom stereocenters. The van der Waals surface area contributed by atoms with Crippen LogP contribution in [0.15, 0.2) is 72.8 Å². The first-order chi connectivity index (χ1) is 19.4. The summed E-state index contributed by atoms with van der Waals surface area (Å²) in [5.74, 6) is -0.152. The second kappa shape index (κ2) is 14.0. The van der Waals surface area contributed by atoms with Crippen LogP contribution < -0.4 is 19.1 Å². The third-order valence-corrected chi connectivity index (χ3v) is 7.77. The van der Waals surface area contributed by atoms with E-state index in [0.29, 0.717) is 5.75 Å². The van der Waals surface area contributed by atoms with Crippen molar-refractivity contribution in [3.8, 4) is 11.5 Å². The molecule has 0 saturated carbocycles. The van der Waals surface area contributed by atoms with E-state index >= 15 is 0 Å². The Labute approximate surface area is 243 Å². The normalized spacial score (nSPS) is 12.0. The fourth-order valence-electron chi connectivity index (χ4n) is 4.49. The Morgan fingerprint density at radius 3 is 2.17 bits per heavy atom. The van der Waals surface area contributed by atoms with E-state index in [0.717, 1.165) is 27.3 Å². The van der Waals surface area contributed by atoms with E-state index in [-0.39, 0.29) is 36.4 Å². The number of carbonyl (C=O) groups is 2. The zero-order valence-electron chi connectivity index (χ0n) is 24.5. The Morgan fingerprint density at radius 2 is 1.59 bits per heavy atom. The molecular weight excluding hydrogens is 542 g/mol. The number of nitrogens with zero attached hydrogens (tertiary/aromatic N) is 2. The van der Waals surface area contributed by atoms with E-state index in [1.807, 2.05) is 75.4 Å². The van der Waals surface area contributed by atoms with Gasteiger partial charge in [0.05, 0.1) is 26.2 Å². The van der Waals surface area contributed by atoms with Gasteiger partial charge in [-0.15, -0.1) is 0 Å². The molecular formula is C31H39N3O6S. The number of anilines is 1. The SMILES string of the molecule is COc1ccc(N(CC(=O)N(Cc2ccccc2C)[C@@H](Cc2ccccc2)C(=O)NC(C)C)S(C)(=O)=O)c(OC)c1. The van der Waals surface area contributed by atoms with Crippen molar-refractivity contribution in [3.63, 3.8) is 0 Å². The Morgan fingerprint density at radius 1 is 0.927 bits per heavy atom. The molecule has 41 heavy (non-hydrogen) atoms. The van der Waals surface area contributed by atoms with Gasteiger partial charge in [-0.2, -0.15) is 0 Å². The maximum absolute atomic E-state index is 14.2. The minimum Gasteiger partial charge on any atom is -0.497 e. The molecule has 0 aliphatic rings. The number of benzene rings is 3. The van der Waals surface area contributed by atoms with Gasteiger partial charge in [-0.3, -0.25) is 13.9 Å². The molecule has 3 aromatic carbocycles. The number of aryl methyl sites for hydroxylation is 1. The second-order valence-electron chi connectivity index (χ2n) is 10.1. The van der Waals surface area contributed by atoms with Crippen molar-refractivity contribution in [1.82, 2.24) is 10.2 Å². The van der Waals surface area contributed by atoms with Crippen LogP contribution in [0.3, 0.4) is 0 Å². The van der Waals surface area contributed by atoms with Crippen LogP contribution in [0.5, 0.6) is 11.5 Å². The van der Waals surface area contributed by atoms with E-state index in [1.54, 1.807) is 12.1 Å². The first-order valence-corrected chi connectivity index (χ1v) is 15.2. The molecule has 9 nitrogen and oxygen atoms in total. The summed E-state index contributed by atoms with van der Waals surface area (Å²) in [6, 6.07) is 20.7. The molecule has 0 bridgehead atoms.